The number of benzene rings is 1. The second kappa shape index (κ2) is 6.29. The third kappa shape index (κ3) is 3.26. The summed E-state index contributed by atoms with van der Waals surface area (Å²) in [5.41, 5.74) is 3.60. The molecule has 0 atom stereocenters. The van der Waals surface area contributed by atoms with Gasteiger partial charge < -0.3 is 4.90 Å². The third-order valence-corrected chi connectivity index (χ3v) is 4.44. The molecule has 2 aromatic heterocycles. The van der Waals surface area contributed by atoms with Gasteiger partial charge in [-0.25, -0.2) is 0 Å². The summed E-state index contributed by atoms with van der Waals surface area (Å²) in [5.74, 6) is 0. The van der Waals surface area contributed by atoms with Crippen molar-refractivity contribution in [2.24, 2.45) is 0 Å². The van der Waals surface area contributed by atoms with E-state index in [1.54, 1.807) is 11.3 Å². The Hall–Kier alpha value is -1.84. The Morgan fingerprint density at radius 1 is 1.05 bits per heavy atom. The van der Waals surface area contributed by atoms with Gasteiger partial charge in [-0.3, -0.25) is 4.98 Å². The predicted molar refractivity (Wildman–Crippen MR) is 90.6 cm³/mol. The van der Waals surface area contributed by atoms with Gasteiger partial charge in [0.1, 0.15) is 0 Å². The molecule has 2 nitrogen and oxygen atoms in total. The second-order valence-corrected chi connectivity index (χ2v) is 6.34. The SMILES string of the molecule is Cc1sccc1N(Cc1ccncc1)c1ccc(Cl)cc1. The molecular weight excluding hydrogens is 300 g/mol. The quantitative estimate of drug-likeness (QED) is 0.637. The van der Waals surface area contributed by atoms with Crippen molar-refractivity contribution in [1.29, 1.82) is 0 Å². The molecule has 0 fully saturated rings. The fraction of sp³-hybridized carbons (Fsp3) is 0.118. The van der Waals surface area contributed by atoms with Crippen LogP contribution in [0, 0.1) is 6.92 Å². The average Bonchev–Trinajstić information content (AvgIpc) is 2.93. The Morgan fingerprint density at radius 3 is 2.38 bits per heavy atom. The Balaban J connectivity index is 1.99. The van der Waals surface area contributed by atoms with Crippen LogP contribution in [0.1, 0.15) is 10.4 Å². The van der Waals surface area contributed by atoms with E-state index in [1.807, 2.05) is 36.7 Å². The molecule has 0 N–H and O–H groups in total. The zero-order valence-electron chi connectivity index (χ0n) is 11.7. The number of halogens is 1. The number of hydrogen-bond acceptors (Lipinski definition) is 3. The van der Waals surface area contributed by atoms with Crippen molar-refractivity contribution in [1.82, 2.24) is 4.98 Å². The zero-order valence-corrected chi connectivity index (χ0v) is 13.2. The molecule has 3 rings (SSSR count). The second-order valence-electron chi connectivity index (χ2n) is 4.78. The van der Waals surface area contributed by atoms with Crippen LogP contribution in [0.2, 0.25) is 5.02 Å². The number of aromatic nitrogens is 1. The highest BCUT2D eigenvalue weighted by Crippen LogP contribution is 2.33. The van der Waals surface area contributed by atoms with Gasteiger partial charge in [-0.2, -0.15) is 0 Å². The lowest BCUT2D eigenvalue weighted by atomic mass is 10.2. The normalized spacial score (nSPS) is 10.6. The van der Waals surface area contributed by atoms with Gasteiger partial charge in [0.25, 0.3) is 0 Å². The van der Waals surface area contributed by atoms with Gasteiger partial charge in [-0.15, -0.1) is 11.3 Å². The fourth-order valence-electron chi connectivity index (χ4n) is 2.27. The molecule has 106 valence electrons. The lowest BCUT2D eigenvalue weighted by Crippen LogP contribution is -2.16. The number of rotatable bonds is 4. The van der Waals surface area contributed by atoms with Crippen LogP contribution in [0.4, 0.5) is 11.4 Å². The Morgan fingerprint density at radius 2 is 1.76 bits per heavy atom. The van der Waals surface area contributed by atoms with Gasteiger partial charge in [-0.1, -0.05) is 11.6 Å². The molecule has 0 aliphatic carbocycles. The standard InChI is InChI=1S/C17H15ClN2S/c1-13-17(8-11-21-13)20(12-14-6-9-19-10-7-14)16-4-2-15(18)3-5-16/h2-11H,12H2,1H3. The molecule has 4 heteroatoms. The first-order valence-electron chi connectivity index (χ1n) is 6.70. The van der Waals surface area contributed by atoms with Gasteiger partial charge in [0, 0.05) is 34.5 Å². The number of pyridine rings is 1. The van der Waals surface area contributed by atoms with Gasteiger partial charge in [0.15, 0.2) is 0 Å². The molecule has 0 aliphatic rings. The molecule has 0 bridgehead atoms. The monoisotopic (exact) mass is 314 g/mol. The van der Waals surface area contributed by atoms with E-state index in [9.17, 15) is 0 Å². The summed E-state index contributed by atoms with van der Waals surface area (Å²) in [6.07, 6.45) is 3.66. The molecule has 0 aliphatic heterocycles. The minimum Gasteiger partial charge on any atom is -0.336 e. The van der Waals surface area contributed by atoms with E-state index in [1.165, 1.54) is 16.1 Å². The predicted octanol–water partition coefficient (Wildman–Crippen LogP) is 5.44. The molecule has 3 aromatic rings. The van der Waals surface area contributed by atoms with Gasteiger partial charge >= 0.3 is 0 Å². The molecule has 0 saturated carbocycles. The maximum absolute atomic E-state index is 6.01. The van der Waals surface area contributed by atoms with Crippen molar-refractivity contribution in [2.75, 3.05) is 4.90 Å². The zero-order chi connectivity index (χ0) is 14.7. The van der Waals surface area contributed by atoms with E-state index in [-0.39, 0.29) is 0 Å². The number of anilines is 2. The molecule has 0 radical (unpaired) electrons. The highest BCUT2D eigenvalue weighted by molar-refractivity contribution is 7.10. The third-order valence-electron chi connectivity index (χ3n) is 3.35. The van der Waals surface area contributed by atoms with E-state index in [2.05, 4.69) is 40.4 Å². The molecule has 0 amide bonds. The van der Waals surface area contributed by atoms with Crippen molar-refractivity contribution in [3.8, 4) is 0 Å². The van der Waals surface area contributed by atoms with E-state index >= 15 is 0 Å². The summed E-state index contributed by atoms with van der Waals surface area (Å²) in [6.45, 7) is 2.96. The van der Waals surface area contributed by atoms with Gasteiger partial charge in [0.2, 0.25) is 0 Å². The Kier molecular flexibility index (Phi) is 4.23. The van der Waals surface area contributed by atoms with Crippen LogP contribution in [0.25, 0.3) is 0 Å². The number of nitrogens with zero attached hydrogens (tertiary/aromatic N) is 2. The van der Waals surface area contributed by atoms with Gasteiger partial charge in [0.05, 0.1) is 5.69 Å². The number of thiophene rings is 1. The minimum absolute atomic E-state index is 0.754. The van der Waals surface area contributed by atoms with Crippen LogP contribution in [-0.4, -0.2) is 4.98 Å². The van der Waals surface area contributed by atoms with E-state index < -0.39 is 0 Å². The lowest BCUT2D eigenvalue weighted by molar-refractivity contribution is 0.969. The summed E-state index contributed by atoms with van der Waals surface area (Å²) in [5, 5.41) is 2.88. The first-order valence-corrected chi connectivity index (χ1v) is 7.96. The smallest absolute Gasteiger partial charge is 0.0552 e. The molecular formula is C17H15ClN2S. The van der Waals surface area contributed by atoms with Crippen molar-refractivity contribution >= 4 is 34.3 Å². The minimum atomic E-state index is 0.754. The maximum atomic E-state index is 6.01. The summed E-state index contributed by atoms with van der Waals surface area (Å²) in [6, 6.07) is 14.2. The molecule has 0 unspecified atom stereocenters. The molecule has 21 heavy (non-hydrogen) atoms. The van der Waals surface area contributed by atoms with E-state index in [0.717, 1.165) is 17.3 Å². The Bertz CT molecular complexity index is 707. The first-order chi connectivity index (χ1) is 10.2. The summed E-state index contributed by atoms with van der Waals surface area (Å²) < 4.78 is 0. The fourth-order valence-corrected chi connectivity index (χ4v) is 3.09. The van der Waals surface area contributed by atoms with Crippen molar-refractivity contribution in [2.45, 2.75) is 13.5 Å². The molecule has 0 spiro atoms. The van der Waals surface area contributed by atoms with Crippen LogP contribution < -0.4 is 4.90 Å². The highest BCUT2D eigenvalue weighted by atomic mass is 35.5. The summed E-state index contributed by atoms with van der Waals surface area (Å²) in [4.78, 5) is 7.69. The van der Waals surface area contributed by atoms with Crippen LogP contribution in [-0.2, 0) is 6.54 Å². The average molecular weight is 315 g/mol. The van der Waals surface area contributed by atoms with Crippen LogP contribution in [0.5, 0.6) is 0 Å². The van der Waals surface area contributed by atoms with Crippen LogP contribution in [0.3, 0.4) is 0 Å². The highest BCUT2D eigenvalue weighted by Gasteiger charge is 2.13. The summed E-state index contributed by atoms with van der Waals surface area (Å²) >= 11 is 7.77. The van der Waals surface area contributed by atoms with Crippen molar-refractivity contribution in [3.05, 3.63) is 75.7 Å². The van der Waals surface area contributed by atoms with Crippen LogP contribution in [0.15, 0.2) is 60.2 Å². The first kappa shape index (κ1) is 14.1. The lowest BCUT2D eigenvalue weighted by Gasteiger charge is -2.25. The molecule has 2 heterocycles. The number of aryl methyl sites for hydroxylation is 1. The maximum Gasteiger partial charge on any atom is 0.0552 e. The molecule has 0 saturated heterocycles. The van der Waals surface area contributed by atoms with Crippen molar-refractivity contribution < 1.29 is 0 Å². The molecule has 1 aromatic carbocycles. The van der Waals surface area contributed by atoms with E-state index in [0.29, 0.717) is 0 Å². The largest absolute Gasteiger partial charge is 0.336 e. The van der Waals surface area contributed by atoms with Crippen molar-refractivity contribution in [3.63, 3.8) is 0 Å². The number of hydrogen-bond donors (Lipinski definition) is 0. The topological polar surface area (TPSA) is 16.1 Å². The van der Waals surface area contributed by atoms with Crippen LogP contribution >= 0.6 is 22.9 Å². The van der Waals surface area contributed by atoms with Gasteiger partial charge in [-0.05, 0) is 60.3 Å². The summed E-state index contributed by atoms with van der Waals surface area (Å²) in [7, 11) is 0. The van der Waals surface area contributed by atoms with E-state index in [4.69, 9.17) is 11.6 Å². The Labute approximate surface area is 133 Å².